The molecular formula is C19H13N7OS. The molecule has 0 aliphatic rings. The van der Waals surface area contributed by atoms with Crippen molar-refractivity contribution in [3.8, 4) is 28.9 Å². The molecule has 0 bridgehead atoms. The van der Waals surface area contributed by atoms with Gasteiger partial charge in [-0.25, -0.2) is 14.6 Å². The molecule has 4 heterocycles. The van der Waals surface area contributed by atoms with Gasteiger partial charge in [-0.05, 0) is 37.1 Å². The number of hydrogen-bond acceptors (Lipinski definition) is 7. The summed E-state index contributed by atoms with van der Waals surface area (Å²) in [5.74, 6) is 5.38. The number of nitrogens with zero attached hydrogens (tertiary/aromatic N) is 6. The molecule has 0 radical (unpaired) electrons. The van der Waals surface area contributed by atoms with Gasteiger partial charge in [-0.3, -0.25) is 15.1 Å². The highest BCUT2D eigenvalue weighted by Crippen LogP contribution is 2.24. The average molecular weight is 387 g/mol. The standard InChI is InChI=1S/C19H13N7OS/c1-2-5-13-6-3-8-15(22-13)16-12-28-19(23-16)24-18(27)17-11-21-25-26(17)14-7-4-9-20-10-14/h3-4,6-12H,1H3,(H,23,24,27). The fraction of sp³-hybridized carbons (Fsp3) is 0.0526. The van der Waals surface area contributed by atoms with Gasteiger partial charge >= 0.3 is 0 Å². The summed E-state index contributed by atoms with van der Waals surface area (Å²) >= 11 is 1.31. The van der Waals surface area contributed by atoms with Gasteiger partial charge in [0.2, 0.25) is 0 Å². The Morgan fingerprint density at radius 1 is 1.14 bits per heavy atom. The van der Waals surface area contributed by atoms with E-state index in [4.69, 9.17) is 0 Å². The van der Waals surface area contributed by atoms with E-state index in [1.807, 2.05) is 23.6 Å². The van der Waals surface area contributed by atoms with Crippen LogP contribution in [-0.2, 0) is 0 Å². The minimum absolute atomic E-state index is 0.281. The number of aromatic nitrogens is 6. The summed E-state index contributed by atoms with van der Waals surface area (Å²) in [4.78, 5) is 25.6. The molecule has 0 aliphatic heterocycles. The Kier molecular flexibility index (Phi) is 4.86. The normalized spacial score (nSPS) is 10.2. The molecule has 28 heavy (non-hydrogen) atoms. The third-order valence-corrected chi connectivity index (χ3v) is 4.42. The maximum atomic E-state index is 12.7. The van der Waals surface area contributed by atoms with E-state index in [-0.39, 0.29) is 11.6 Å². The molecule has 4 rings (SSSR count). The zero-order chi connectivity index (χ0) is 19.3. The number of rotatable bonds is 4. The molecular weight excluding hydrogens is 374 g/mol. The largest absolute Gasteiger partial charge is 0.296 e. The average Bonchev–Trinajstić information content (AvgIpc) is 3.39. The van der Waals surface area contributed by atoms with Crippen molar-refractivity contribution in [2.45, 2.75) is 6.92 Å². The van der Waals surface area contributed by atoms with E-state index in [2.05, 4.69) is 42.4 Å². The molecule has 0 atom stereocenters. The van der Waals surface area contributed by atoms with Crippen molar-refractivity contribution in [3.05, 3.63) is 65.7 Å². The van der Waals surface area contributed by atoms with Gasteiger partial charge in [0, 0.05) is 11.6 Å². The molecule has 0 aliphatic carbocycles. The lowest BCUT2D eigenvalue weighted by molar-refractivity contribution is 0.101. The molecule has 0 saturated carbocycles. The van der Waals surface area contributed by atoms with Gasteiger partial charge in [-0.2, -0.15) is 0 Å². The Hall–Kier alpha value is -3.90. The summed E-state index contributed by atoms with van der Waals surface area (Å²) in [6, 6.07) is 9.11. The maximum absolute atomic E-state index is 12.7. The lowest BCUT2D eigenvalue weighted by atomic mass is 10.2. The van der Waals surface area contributed by atoms with Crippen LogP contribution in [0.25, 0.3) is 17.1 Å². The van der Waals surface area contributed by atoms with Crippen LogP contribution in [-0.4, -0.2) is 35.9 Å². The Labute approximate surface area is 164 Å². The Bertz CT molecular complexity index is 1190. The number of anilines is 1. The minimum atomic E-state index is -0.367. The lowest BCUT2D eigenvalue weighted by Gasteiger charge is -2.05. The predicted molar refractivity (Wildman–Crippen MR) is 105 cm³/mol. The highest BCUT2D eigenvalue weighted by molar-refractivity contribution is 7.14. The van der Waals surface area contributed by atoms with Crippen LogP contribution in [0, 0.1) is 11.8 Å². The van der Waals surface area contributed by atoms with Crippen molar-refractivity contribution in [2.24, 2.45) is 0 Å². The molecule has 9 heteroatoms. The third-order valence-electron chi connectivity index (χ3n) is 3.66. The predicted octanol–water partition coefficient (Wildman–Crippen LogP) is 2.80. The van der Waals surface area contributed by atoms with Crippen molar-refractivity contribution in [3.63, 3.8) is 0 Å². The highest BCUT2D eigenvalue weighted by atomic mass is 32.1. The first-order valence-electron chi connectivity index (χ1n) is 8.23. The van der Waals surface area contributed by atoms with Crippen molar-refractivity contribution in [1.82, 2.24) is 29.9 Å². The van der Waals surface area contributed by atoms with E-state index in [1.165, 1.54) is 22.2 Å². The van der Waals surface area contributed by atoms with Crippen LogP contribution in [0.5, 0.6) is 0 Å². The molecule has 0 spiro atoms. The first kappa shape index (κ1) is 17.5. The smallest absolute Gasteiger partial charge is 0.277 e. The molecule has 4 aromatic heterocycles. The van der Waals surface area contributed by atoms with Gasteiger partial charge < -0.3 is 0 Å². The summed E-state index contributed by atoms with van der Waals surface area (Å²) < 4.78 is 1.42. The minimum Gasteiger partial charge on any atom is -0.296 e. The van der Waals surface area contributed by atoms with Crippen molar-refractivity contribution >= 4 is 22.4 Å². The first-order valence-corrected chi connectivity index (χ1v) is 9.11. The monoisotopic (exact) mass is 387 g/mol. The molecule has 4 aromatic rings. The van der Waals surface area contributed by atoms with Crippen LogP contribution in [0.15, 0.2) is 54.3 Å². The summed E-state index contributed by atoms with van der Waals surface area (Å²) in [5, 5.41) is 12.8. The Morgan fingerprint density at radius 3 is 2.89 bits per heavy atom. The maximum Gasteiger partial charge on any atom is 0.277 e. The topological polar surface area (TPSA) is 98.5 Å². The van der Waals surface area contributed by atoms with Crippen LogP contribution < -0.4 is 5.32 Å². The first-order chi connectivity index (χ1) is 13.7. The summed E-state index contributed by atoms with van der Waals surface area (Å²) in [6.45, 7) is 1.76. The fourth-order valence-corrected chi connectivity index (χ4v) is 3.14. The second-order valence-electron chi connectivity index (χ2n) is 5.52. The zero-order valence-electron chi connectivity index (χ0n) is 14.7. The van der Waals surface area contributed by atoms with Crippen molar-refractivity contribution in [2.75, 3.05) is 5.32 Å². The van der Waals surface area contributed by atoms with E-state index >= 15 is 0 Å². The second-order valence-corrected chi connectivity index (χ2v) is 6.38. The summed E-state index contributed by atoms with van der Waals surface area (Å²) in [7, 11) is 0. The second kappa shape index (κ2) is 7.77. The van der Waals surface area contributed by atoms with Gasteiger partial charge in [0.05, 0.1) is 23.8 Å². The zero-order valence-corrected chi connectivity index (χ0v) is 15.5. The fourth-order valence-electron chi connectivity index (χ4n) is 2.44. The van der Waals surface area contributed by atoms with E-state index in [0.717, 1.165) is 0 Å². The Balaban J connectivity index is 1.55. The molecule has 0 fully saturated rings. The van der Waals surface area contributed by atoms with Gasteiger partial charge in [0.1, 0.15) is 11.4 Å². The number of amides is 1. The Morgan fingerprint density at radius 2 is 2.07 bits per heavy atom. The molecule has 0 saturated heterocycles. The van der Waals surface area contributed by atoms with Gasteiger partial charge in [-0.15, -0.1) is 16.4 Å². The number of carbonyl (C=O) groups excluding carboxylic acids is 1. The number of nitrogens with one attached hydrogen (secondary N) is 1. The summed E-state index contributed by atoms with van der Waals surface area (Å²) in [5.41, 5.74) is 2.95. The molecule has 0 unspecified atom stereocenters. The molecule has 8 nitrogen and oxygen atoms in total. The number of carbonyl (C=O) groups is 1. The lowest BCUT2D eigenvalue weighted by Crippen LogP contribution is -2.17. The molecule has 1 N–H and O–H groups in total. The van der Waals surface area contributed by atoms with Crippen LogP contribution >= 0.6 is 11.3 Å². The SMILES string of the molecule is CC#Cc1cccc(-c2csc(NC(=O)c3cnnn3-c3cccnc3)n2)n1. The quantitative estimate of drug-likeness (QED) is 0.541. The van der Waals surface area contributed by atoms with Crippen molar-refractivity contribution in [1.29, 1.82) is 0 Å². The van der Waals surface area contributed by atoms with E-state index in [9.17, 15) is 4.79 Å². The van der Waals surface area contributed by atoms with Gasteiger partial charge in [0.15, 0.2) is 10.8 Å². The highest BCUT2D eigenvalue weighted by Gasteiger charge is 2.17. The number of thiazole rings is 1. The summed E-state index contributed by atoms with van der Waals surface area (Å²) in [6.07, 6.45) is 4.64. The van der Waals surface area contributed by atoms with Crippen LogP contribution in [0.2, 0.25) is 0 Å². The number of pyridine rings is 2. The van der Waals surface area contributed by atoms with Gasteiger partial charge in [-0.1, -0.05) is 17.2 Å². The third kappa shape index (κ3) is 3.62. The molecule has 136 valence electrons. The van der Waals surface area contributed by atoms with E-state index in [0.29, 0.717) is 27.9 Å². The van der Waals surface area contributed by atoms with E-state index in [1.54, 1.807) is 31.5 Å². The van der Waals surface area contributed by atoms with Gasteiger partial charge in [0.25, 0.3) is 5.91 Å². The molecule has 1 amide bonds. The van der Waals surface area contributed by atoms with Crippen LogP contribution in [0.3, 0.4) is 0 Å². The van der Waals surface area contributed by atoms with Crippen LogP contribution in [0.1, 0.15) is 23.1 Å². The van der Waals surface area contributed by atoms with Crippen molar-refractivity contribution < 1.29 is 4.79 Å². The van der Waals surface area contributed by atoms with Crippen LogP contribution in [0.4, 0.5) is 5.13 Å². The molecule has 0 aromatic carbocycles. The number of hydrogen-bond donors (Lipinski definition) is 1. The van der Waals surface area contributed by atoms with E-state index < -0.39 is 0 Å².